The molecule has 0 radical (unpaired) electrons. The van der Waals surface area contributed by atoms with Gasteiger partial charge < -0.3 is 10.4 Å². The molecule has 27 heavy (non-hydrogen) atoms. The Morgan fingerprint density at radius 1 is 1.37 bits per heavy atom. The first-order valence-electron chi connectivity index (χ1n) is 8.57. The molecule has 6 nitrogen and oxygen atoms in total. The Morgan fingerprint density at radius 2 is 2.11 bits per heavy atom. The van der Waals surface area contributed by atoms with E-state index in [1.807, 2.05) is 59.9 Å². The van der Waals surface area contributed by atoms with Crippen LogP contribution in [0.1, 0.15) is 11.1 Å². The molecule has 1 fully saturated rings. The van der Waals surface area contributed by atoms with Crippen molar-refractivity contribution >= 4 is 29.5 Å². The molecule has 1 saturated heterocycles. The number of nitrogens with zero attached hydrogens (tertiary/aromatic N) is 1. The fourth-order valence-corrected chi connectivity index (χ4v) is 4.35. The molecule has 2 atom stereocenters. The average molecular weight is 407 g/mol. The standard InChI is InChI=1S/C19H19ClN2O4S/c1-22-15(11-13-10-14(20)7-8-16(13)27-22)18(23)21-17(19(24)25-26-19)9-12-5-3-2-4-6-12/h2-8,10,15,17,24H,9,11H2,1H3,(H,21,23)/t15?,17-/m0/s1. The van der Waals surface area contributed by atoms with Crippen LogP contribution in [0.5, 0.6) is 0 Å². The smallest absolute Gasteiger partial charge is 0.343 e. The maximum absolute atomic E-state index is 13.0. The fraction of sp³-hybridized carbons (Fsp3) is 0.316. The number of carbonyl (C=O) groups is 1. The molecule has 0 spiro atoms. The first kappa shape index (κ1) is 18.7. The van der Waals surface area contributed by atoms with Gasteiger partial charge in [0.2, 0.25) is 5.91 Å². The van der Waals surface area contributed by atoms with E-state index in [2.05, 4.69) is 5.32 Å². The van der Waals surface area contributed by atoms with E-state index in [1.54, 1.807) is 0 Å². The minimum atomic E-state index is -1.78. The molecule has 0 bridgehead atoms. The summed E-state index contributed by atoms with van der Waals surface area (Å²) >= 11 is 7.59. The molecular weight excluding hydrogens is 388 g/mol. The molecule has 2 N–H and O–H groups in total. The highest BCUT2D eigenvalue weighted by molar-refractivity contribution is 7.97. The summed E-state index contributed by atoms with van der Waals surface area (Å²) in [5.74, 6) is -1.99. The van der Waals surface area contributed by atoms with Gasteiger partial charge in [0.1, 0.15) is 12.1 Å². The van der Waals surface area contributed by atoms with Crippen LogP contribution in [0.2, 0.25) is 5.02 Å². The van der Waals surface area contributed by atoms with Gasteiger partial charge in [0.25, 0.3) is 0 Å². The number of likely N-dealkylation sites (N-methyl/N-ethyl adjacent to an activating group) is 1. The zero-order valence-electron chi connectivity index (χ0n) is 14.6. The Balaban J connectivity index is 1.49. The molecule has 8 heteroatoms. The lowest BCUT2D eigenvalue weighted by atomic mass is 10.0. The van der Waals surface area contributed by atoms with Gasteiger partial charge in [-0.15, -0.1) is 0 Å². The van der Waals surface area contributed by atoms with Gasteiger partial charge in [-0.05, 0) is 54.7 Å². The number of carbonyl (C=O) groups excluding carboxylic acids is 1. The van der Waals surface area contributed by atoms with Crippen molar-refractivity contribution in [2.24, 2.45) is 0 Å². The highest BCUT2D eigenvalue weighted by atomic mass is 35.5. The summed E-state index contributed by atoms with van der Waals surface area (Å²) in [6.07, 6.45) is 0.915. The number of benzene rings is 2. The summed E-state index contributed by atoms with van der Waals surface area (Å²) in [5.41, 5.74) is 1.99. The molecule has 2 heterocycles. The molecule has 2 aromatic carbocycles. The molecule has 2 aliphatic heterocycles. The monoisotopic (exact) mass is 406 g/mol. The van der Waals surface area contributed by atoms with Gasteiger partial charge in [-0.2, -0.15) is 9.78 Å². The van der Waals surface area contributed by atoms with Crippen LogP contribution in [-0.4, -0.2) is 40.4 Å². The van der Waals surface area contributed by atoms with Crippen molar-refractivity contribution in [3.05, 3.63) is 64.7 Å². The Labute approximate surface area is 166 Å². The van der Waals surface area contributed by atoms with Crippen molar-refractivity contribution in [1.82, 2.24) is 9.62 Å². The molecule has 1 amide bonds. The zero-order chi connectivity index (χ0) is 19.0. The molecule has 1 unspecified atom stereocenters. The molecule has 0 saturated carbocycles. The largest absolute Gasteiger partial charge is 0.358 e. The highest BCUT2D eigenvalue weighted by Gasteiger charge is 2.55. The number of amides is 1. The molecule has 0 aromatic heterocycles. The van der Waals surface area contributed by atoms with Crippen LogP contribution in [0.15, 0.2) is 53.4 Å². The molecule has 0 aliphatic carbocycles. The second kappa shape index (κ2) is 7.43. The lowest BCUT2D eigenvalue weighted by Crippen LogP contribution is -2.53. The molecule has 4 rings (SSSR count). The maximum atomic E-state index is 13.0. The number of hydrogen-bond donors (Lipinski definition) is 2. The second-order valence-electron chi connectivity index (χ2n) is 6.66. The minimum absolute atomic E-state index is 0.205. The number of nitrogens with one attached hydrogen (secondary N) is 1. The number of hydrogen-bond acceptors (Lipinski definition) is 6. The third kappa shape index (κ3) is 4.13. The van der Waals surface area contributed by atoms with Crippen LogP contribution in [0, 0.1) is 0 Å². The molecular formula is C19H19ClN2O4S. The van der Waals surface area contributed by atoms with Gasteiger partial charge in [0, 0.05) is 16.3 Å². The second-order valence-corrected chi connectivity index (χ2v) is 8.29. The van der Waals surface area contributed by atoms with Crippen molar-refractivity contribution in [1.29, 1.82) is 0 Å². The van der Waals surface area contributed by atoms with Crippen molar-refractivity contribution in [3.8, 4) is 0 Å². The van der Waals surface area contributed by atoms with Gasteiger partial charge in [0.15, 0.2) is 0 Å². The first-order valence-corrected chi connectivity index (χ1v) is 9.72. The lowest BCUT2D eigenvalue weighted by Gasteiger charge is -2.33. The Morgan fingerprint density at radius 3 is 2.81 bits per heavy atom. The van der Waals surface area contributed by atoms with Crippen molar-refractivity contribution in [2.75, 3.05) is 7.05 Å². The first-order chi connectivity index (χ1) is 12.9. The maximum Gasteiger partial charge on any atom is 0.358 e. The topological polar surface area (TPSA) is 77.6 Å². The summed E-state index contributed by atoms with van der Waals surface area (Å²) < 4.78 is 1.91. The van der Waals surface area contributed by atoms with Crippen molar-refractivity contribution < 1.29 is 19.7 Å². The van der Waals surface area contributed by atoms with Gasteiger partial charge in [0.05, 0.1) is 0 Å². The van der Waals surface area contributed by atoms with E-state index >= 15 is 0 Å². The Hall–Kier alpha value is -1.61. The van der Waals surface area contributed by atoms with Crippen LogP contribution in [0.3, 0.4) is 0 Å². The van der Waals surface area contributed by atoms with Gasteiger partial charge in [-0.3, -0.25) is 4.79 Å². The van der Waals surface area contributed by atoms with E-state index < -0.39 is 18.1 Å². The third-order valence-corrected chi connectivity index (χ3v) is 6.09. The number of aliphatic hydroxyl groups is 1. The van der Waals surface area contributed by atoms with E-state index in [1.165, 1.54) is 11.9 Å². The summed E-state index contributed by atoms with van der Waals surface area (Å²) in [5, 5.41) is 13.8. The number of rotatable bonds is 5. The van der Waals surface area contributed by atoms with E-state index in [4.69, 9.17) is 21.4 Å². The van der Waals surface area contributed by atoms with E-state index in [-0.39, 0.29) is 5.91 Å². The predicted molar refractivity (Wildman–Crippen MR) is 102 cm³/mol. The average Bonchev–Trinajstić information content (AvgIpc) is 3.40. The van der Waals surface area contributed by atoms with Crippen LogP contribution in [0.25, 0.3) is 0 Å². The lowest BCUT2D eigenvalue weighted by molar-refractivity contribution is -0.128. The third-order valence-electron chi connectivity index (χ3n) is 4.71. The zero-order valence-corrected chi connectivity index (χ0v) is 16.2. The Bertz CT molecular complexity index is 847. The van der Waals surface area contributed by atoms with Gasteiger partial charge in [-0.1, -0.05) is 41.9 Å². The fourth-order valence-electron chi connectivity index (χ4n) is 3.16. The predicted octanol–water partition coefficient (Wildman–Crippen LogP) is 2.54. The van der Waals surface area contributed by atoms with Crippen molar-refractivity contribution in [2.45, 2.75) is 35.8 Å². The molecule has 2 aromatic rings. The molecule has 142 valence electrons. The molecule has 2 aliphatic rings. The van der Waals surface area contributed by atoms with Gasteiger partial charge in [-0.25, -0.2) is 4.31 Å². The van der Waals surface area contributed by atoms with Crippen LogP contribution in [-0.2, 0) is 27.4 Å². The summed E-state index contributed by atoms with van der Waals surface area (Å²) in [4.78, 5) is 23.5. The van der Waals surface area contributed by atoms with E-state index in [0.29, 0.717) is 17.9 Å². The Kier molecular flexibility index (Phi) is 5.15. The summed E-state index contributed by atoms with van der Waals surface area (Å²) in [6.45, 7) is 0. The quantitative estimate of drug-likeness (QED) is 0.451. The summed E-state index contributed by atoms with van der Waals surface area (Å²) in [6, 6.07) is 14.1. The van der Waals surface area contributed by atoms with Gasteiger partial charge >= 0.3 is 5.97 Å². The van der Waals surface area contributed by atoms with E-state index in [0.717, 1.165) is 16.0 Å². The number of halogens is 1. The summed E-state index contributed by atoms with van der Waals surface area (Å²) in [7, 11) is 1.87. The van der Waals surface area contributed by atoms with E-state index in [9.17, 15) is 9.90 Å². The highest BCUT2D eigenvalue weighted by Crippen LogP contribution is 2.36. The van der Waals surface area contributed by atoms with Crippen LogP contribution < -0.4 is 5.32 Å². The van der Waals surface area contributed by atoms with Crippen molar-refractivity contribution in [3.63, 3.8) is 0 Å². The van der Waals surface area contributed by atoms with Crippen LogP contribution in [0.4, 0.5) is 0 Å². The normalized spacial score (nSPS) is 22.0. The van der Waals surface area contributed by atoms with Crippen LogP contribution >= 0.6 is 23.5 Å². The minimum Gasteiger partial charge on any atom is -0.343 e. The SMILES string of the molecule is CN1Sc2ccc(Cl)cc2CC1C(=O)N[C@@H](Cc1ccccc1)C1(O)OO1. The number of fused-ring (bicyclic) bond motifs is 1.